The predicted molar refractivity (Wildman–Crippen MR) is 161 cm³/mol. The number of hydrogen-bond donors (Lipinski definition) is 1. The van der Waals surface area contributed by atoms with Crippen molar-refractivity contribution < 1.29 is 19.1 Å². The van der Waals surface area contributed by atoms with E-state index >= 15 is 0 Å². The summed E-state index contributed by atoms with van der Waals surface area (Å²) in [5, 5.41) is 6.83. The Morgan fingerprint density at radius 2 is 1.73 bits per heavy atom. The Kier molecular flexibility index (Phi) is 10.9. The quantitative estimate of drug-likeness (QED) is 0.436. The molecule has 1 aromatic heterocycles. The van der Waals surface area contributed by atoms with Gasteiger partial charge in [0.25, 0.3) is 0 Å². The maximum atomic E-state index is 13.0. The summed E-state index contributed by atoms with van der Waals surface area (Å²) in [6, 6.07) is 18.0. The Morgan fingerprint density at radius 3 is 2.24 bits per heavy atom. The van der Waals surface area contributed by atoms with E-state index in [0.29, 0.717) is 0 Å². The van der Waals surface area contributed by atoms with E-state index in [1.807, 2.05) is 59.8 Å². The smallest absolute Gasteiger partial charge is 0.325 e. The van der Waals surface area contributed by atoms with Crippen LogP contribution in [0.15, 0.2) is 67.0 Å². The third kappa shape index (κ3) is 7.74. The number of likely N-dealkylation sites (N-methyl/N-ethyl adjacent to an activating group) is 1. The molecule has 6 rings (SSSR count). The molecule has 2 amide bonds. The molecule has 3 fully saturated rings. The first-order valence-electron chi connectivity index (χ1n) is 14.5. The first-order valence-corrected chi connectivity index (χ1v) is 14.5. The molecular formula is C32H43N5O4. The molecule has 0 aliphatic carbocycles. The lowest BCUT2D eigenvalue weighted by molar-refractivity contribution is -0.113. The molecule has 0 atom stereocenters. The van der Waals surface area contributed by atoms with Crippen molar-refractivity contribution in [1.82, 2.24) is 20.0 Å². The summed E-state index contributed by atoms with van der Waals surface area (Å²) >= 11 is 0. The highest BCUT2D eigenvalue weighted by Gasteiger charge is 2.50. The molecule has 2 aromatic carbocycles. The van der Waals surface area contributed by atoms with Crippen LogP contribution in [0.4, 0.5) is 10.5 Å². The number of ether oxygens (including phenoxy) is 2. The van der Waals surface area contributed by atoms with Crippen LogP contribution in [0.3, 0.4) is 0 Å². The van der Waals surface area contributed by atoms with E-state index in [2.05, 4.69) is 46.1 Å². The number of carbonyl (C=O) groups excluding carboxylic acids is 2. The number of nitrogens with one attached hydrogen (secondary N) is 1. The number of para-hydroxylation sites is 1. The van der Waals surface area contributed by atoms with Crippen molar-refractivity contribution in [2.45, 2.75) is 38.1 Å². The minimum atomic E-state index is -0.0123. The fourth-order valence-corrected chi connectivity index (χ4v) is 5.58. The van der Waals surface area contributed by atoms with Gasteiger partial charge in [-0.15, -0.1) is 0 Å². The number of aldehydes is 1. The number of piperidine rings is 1. The van der Waals surface area contributed by atoms with Gasteiger partial charge in [0, 0.05) is 56.2 Å². The second-order valence-electron chi connectivity index (χ2n) is 10.8. The zero-order valence-electron chi connectivity index (χ0n) is 24.5. The third-order valence-electron chi connectivity index (χ3n) is 8.17. The first kappa shape index (κ1) is 30.3. The predicted octanol–water partition coefficient (Wildman–Crippen LogP) is 5.11. The van der Waals surface area contributed by atoms with Crippen molar-refractivity contribution in [3.63, 3.8) is 0 Å². The fraction of sp³-hybridized carbons (Fsp3) is 0.469. The number of aromatic nitrogens is 2. The number of rotatable bonds is 5. The highest BCUT2D eigenvalue weighted by atomic mass is 16.5. The van der Waals surface area contributed by atoms with E-state index in [9.17, 15) is 9.59 Å². The van der Waals surface area contributed by atoms with Gasteiger partial charge in [0.1, 0.15) is 12.0 Å². The summed E-state index contributed by atoms with van der Waals surface area (Å²) in [5.41, 5.74) is 3.12. The average Bonchev–Trinajstić information content (AvgIpc) is 3.67. The van der Waals surface area contributed by atoms with Crippen LogP contribution in [0.25, 0.3) is 11.1 Å². The van der Waals surface area contributed by atoms with E-state index in [-0.39, 0.29) is 17.5 Å². The van der Waals surface area contributed by atoms with Gasteiger partial charge in [-0.1, -0.05) is 30.3 Å². The van der Waals surface area contributed by atoms with Gasteiger partial charge in [0.15, 0.2) is 0 Å². The number of H-pyrrole nitrogens is 1. The third-order valence-corrected chi connectivity index (χ3v) is 8.17. The van der Waals surface area contributed by atoms with Crippen LogP contribution in [0.1, 0.15) is 32.6 Å². The Bertz CT molecular complexity index is 1190. The van der Waals surface area contributed by atoms with E-state index < -0.39 is 0 Å². The van der Waals surface area contributed by atoms with Gasteiger partial charge < -0.3 is 24.1 Å². The van der Waals surface area contributed by atoms with Crippen LogP contribution in [-0.2, 0) is 9.53 Å². The van der Waals surface area contributed by atoms with E-state index in [4.69, 9.17) is 9.47 Å². The molecule has 3 aliphatic rings. The molecule has 1 N–H and O–H groups in total. The Labute approximate surface area is 243 Å². The lowest BCUT2D eigenvalue weighted by Crippen LogP contribution is -2.53. The molecule has 0 saturated carbocycles. The van der Waals surface area contributed by atoms with Crippen molar-refractivity contribution in [2.75, 3.05) is 58.5 Å². The Morgan fingerprint density at radius 1 is 1.05 bits per heavy atom. The molecule has 4 heterocycles. The van der Waals surface area contributed by atoms with Gasteiger partial charge in [-0.25, -0.2) is 4.79 Å². The summed E-state index contributed by atoms with van der Waals surface area (Å²) in [6.45, 7) is 7.29. The molecule has 3 aliphatic heterocycles. The zero-order chi connectivity index (χ0) is 29.1. The molecule has 9 nitrogen and oxygen atoms in total. The highest BCUT2D eigenvalue weighted by molar-refractivity contribution is 5.95. The van der Waals surface area contributed by atoms with Crippen molar-refractivity contribution in [3.8, 4) is 16.9 Å². The number of amides is 2. The van der Waals surface area contributed by atoms with Crippen molar-refractivity contribution >= 4 is 18.0 Å². The first-order chi connectivity index (χ1) is 20.0. The number of hydrogen-bond acceptors (Lipinski definition) is 6. The zero-order valence-corrected chi connectivity index (χ0v) is 24.5. The Hall–Kier alpha value is -3.69. The topological polar surface area (TPSA) is 91.0 Å². The number of benzene rings is 2. The maximum absolute atomic E-state index is 13.0. The summed E-state index contributed by atoms with van der Waals surface area (Å²) < 4.78 is 9.96. The number of anilines is 1. The molecule has 9 heteroatoms. The second-order valence-corrected chi connectivity index (χ2v) is 10.8. The summed E-state index contributed by atoms with van der Waals surface area (Å²) in [6.07, 6.45) is 8.65. The molecule has 0 radical (unpaired) electrons. The number of urea groups is 1. The minimum Gasteiger partial charge on any atom is -0.497 e. The number of carbonyl (C=O) groups is 2. The molecule has 1 spiro atoms. The van der Waals surface area contributed by atoms with Gasteiger partial charge >= 0.3 is 6.03 Å². The van der Waals surface area contributed by atoms with Gasteiger partial charge in [-0.05, 0) is 69.5 Å². The molecule has 41 heavy (non-hydrogen) atoms. The number of likely N-dealkylation sites (tertiary alicyclic amines) is 1. The average molecular weight is 562 g/mol. The molecule has 3 aromatic rings. The van der Waals surface area contributed by atoms with Crippen molar-refractivity contribution in [2.24, 2.45) is 5.92 Å². The van der Waals surface area contributed by atoms with Crippen LogP contribution >= 0.6 is 0 Å². The van der Waals surface area contributed by atoms with Crippen molar-refractivity contribution in [3.05, 3.63) is 67.0 Å². The maximum Gasteiger partial charge on any atom is 0.325 e. The monoisotopic (exact) mass is 561 g/mol. The van der Waals surface area contributed by atoms with Gasteiger partial charge in [-0.3, -0.25) is 10.00 Å². The van der Waals surface area contributed by atoms with Crippen LogP contribution in [0, 0.1) is 5.92 Å². The normalized spacial score (nSPS) is 18.8. The molecule has 0 bridgehead atoms. The SMILES string of the molecule is CCN1C(=O)N(c2ccc(-c3cn[nH]c3)cc2)CC12CCN(C)CC2.COc1ccccc1.O=CC1CCOCC1. The van der Waals surface area contributed by atoms with Crippen LogP contribution < -0.4 is 9.64 Å². The minimum absolute atomic E-state index is 0.0123. The number of methoxy groups -OCH3 is 1. The van der Waals surface area contributed by atoms with Crippen LogP contribution in [0.2, 0.25) is 0 Å². The van der Waals surface area contributed by atoms with Gasteiger partial charge in [0.05, 0.1) is 25.4 Å². The summed E-state index contributed by atoms with van der Waals surface area (Å²) in [5.74, 6) is 1.19. The van der Waals surface area contributed by atoms with Crippen LogP contribution in [0.5, 0.6) is 5.75 Å². The second kappa shape index (κ2) is 14.8. The lowest BCUT2D eigenvalue weighted by atomic mass is 9.87. The summed E-state index contributed by atoms with van der Waals surface area (Å²) in [4.78, 5) is 29.5. The molecular weight excluding hydrogens is 518 g/mol. The van der Waals surface area contributed by atoms with Crippen LogP contribution in [-0.4, -0.2) is 91.4 Å². The van der Waals surface area contributed by atoms with Gasteiger partial charge in [-0.2, -0.15) is 5.10 Å². The fourth-order valence-electron chi connectivity index (χ4n) is 5.58. The van der Waals surface area contributed by atoms with Gasteiger partial charge in [0.2, 0.25) is 0 Å². The number of nitrogens with zero attached hydrogens (tertiary/aromatic N) is 4. The largest absolute Gasteiger partial charge is 0.497 e. The lowest BCUT2D eigenvalue weighted by Gasteiger charge is -2.42. The molecule has 220 valence electrons. The molecule has 0 unspecified atom stereocenters. The standard InChI is InChI=1S/C19H25N5O.C7H8O.C6H10O2/c1-3-24-18(25)23(14-19(24)8-10-22(2)11-9-19)17-6-4-15(5-7-17)16-12-20-21-13-16;1-8-7-5-3-2-4-6-7;7-5-6-1-3-8-4-2-6/h4-7,12-13H,3,8-11,14H2,1-2H3,(H,20,21);2-6H,1H3;5-6H,1-4H2. The Balaban J connectivity index is 0.000000197. The summed E-state index contributed by atoms with van der Waals surface area (Å²) in [7, 11) is 3.82. The van der Waals surface area contributed by atoms with Crippen molar-refractivity contribution in [1.29, 1.82) is 0 Å². The van der Waals surface area contributed by atoms with E-state index in [1.165, 1.54) is 0 Å². The number of aromatic amines is 1. The molecule has 3 saturated heterocycles. The van der Waals surface area contributed by atoms with E-state index in [0.717, 1.165) is 93.9 Å². The highest BCUT2D eigenvalue weighted by Crippen LogP contribution is 2.38. The van der Waals surface area contributed by atoms with E-state index in [1.54, 1.807) is 7.11 Å².